The lowest BCUT2D eigenvalue weighted by Crippen LogP contribution is -2.27. The number of unbranched alkanes of at least 4 members (excludes halogenated alkanes) is 1. The average molecular weight is 501 g/mol. The van der Waals surface area contributed by atoms with Crippen LogP contribution in [0.4, 0.5) is 4.79 Å². The summed E-state index contributed by atoms with van der Waals surface area (Å²) in [5, 5.41) is 2.78. The molecule has 0 saturated carbocycles. The van der Waals surface area contributed by atoms with Gasteiger partial charge in [-0.3, -0.25) is 0 Å². The molecule has 0 saturated heterocycles. The predicted molar refractivity (Wildman–Crippen MR) is 153 cm³/mol. The summed E-state index contributed by atoms with van der Waals surface area (Å²) in [6, 6.07) is 26.4. The molecule has 0 bridgehead atoms. The molecular weight excluding hydrogens is 460 g/mol. The quantitative estimate of drug-likeness (QED) is 0.198. The van der Waals surface area contributed by atoms with Gasteiger partial charge in [-0.1, -0.05) is 81.8 Å². The van der Waals surface area contributed by atoms with E-state index in [1.54, 1.807) is 0 Å². The van der Waals surface area contributed by atoms with Crippen molar-refractivity contribution in [3.8, 4) is 11.5 Å². The summed E-state index contributed by atoms with van der Waals surface area (Å²) >= 11 is 0. The molecule has 0 spiro atoms. The van der Waals surface area contributed by atoms with Crippen LogP contribution in [0.25, 0.3) is 11.1 Å². The van der Waals surface area contributed by atoms with Crippen LogP contribution in [0, 0.1) is 0 Å². The van der Waals surface area contributed by atoms with Crippen LogP contribution in [0.1, 0.15) is 57.2 Å². The highest BCUT2D eigenvalue weighted by atomic mass is 16.6. The van der Waals surface area contributed by atoms with Crippen LogP contribution in [-0.2, 0) is 0 Å². The summed E-state index contributed by atoms with van der Waals surface area (Å²) in [5.41, 5.74) is 5.60. The lowest BCUT2D eigenvalue weighted by Gasteiger charge is -2.18. The third-order valence-electron chi connectivity index (χ3n) is 6.45. The molecule has 0 aromatic heterocycles. The van der Waals surface area contributed by atoms with Gasteiger partial charge in [0.25, 0.3) is 0 Å². The third kappa shape index (κ3) is 8.50. The van der Waals surface area contributed by atoms with E-state index in [9.17, 15) is 4.79 Å². The van der Waals surface area contributed by atoms with Crippen molar-refractivity contribution < 1.29 is 14.3 Å². The van der Waals surface area contributed by atoms with Gasteiger partial charge in [0.05, 0.1) is 0 Å². The number of rotatable bonds is 13. The van der Waals surface area contributed by atoms with Crippen LogP contribution >= 0.6 is 0 Å². The van der Waals surface area contributed by atoms with E-state index in [-0.39, 0.29) is 0 Å². The summed E-state index contributed by atoms with van der Waals surface area (Å²) in [7, 11) is 0. The highest BCUT2D eigenvalue weighted by molar-refractivity contribution is 5.98. The molecule has 0 aliphatic heterocycles. The molecule has 0 atom stereocenters. The van der Waals surface area contributed by atoms with Crippen molar-refractivity contribution in [1.29, 1.82) is 0 Å². The average Bonchev–Trinajstić information content (AvgIpc) is 2.93. The van der Waals surface area contributed by atoms with Gasteiger partial charge in [-0.15, -0.1) is 0 Å². The molecule has 0 heterocycles. The van der Waals surface area contributed by atoms with Gasteiger partial charge in [-0.05, 0) is 78.5 Å². The normalized spacial score (nSPS) is 11.7. The molecule has 1 N–H and O–H groups in total. The molecule has 0 unspecified atom stereocenters. The molecule has 0 fully saturated rings. The second-order valence-electron chi connectivity index (χ2n) is 8.96. The van der Waals surface area contributed by atoms with Crippen LogP contribution < -0.4 is 14.8 Å². The minimum Gasteiger partial charge on any atom is -0.492 e. The predicted octanol–water partition coefficient (Wildman–Crippen LogP) is 7.27. The van der Waals surface area contributed by atoms with Crippen LogP contribution in [-0.4, -0.2) is 43.8 Å². The molecule has 5 heteroatoms. The molecule has 3 aromatic carbocycles. The molecule has 1 amide bonds. The van der Waals surface area contributed by atoms with Gasteiger partial charge >= 0.3 is 6.09 Å². The molecule has 3 aromatic rings. The Morgan fingerprint density at radius 1 is 0.784 bits per heavy atom. The zero-order chi connectivity index (χ0) is 26.5. The van der Waals surface area contributed by atoms with Crippen molar-refractivity contribution in [2.75, 3.05) is 32.8 Å². The van der Waals surface area contributed by atoms with Crippen LogP contribution in [0.2, 0.25) is 0 Å². The largest absolute Gasteiger partial charge is 0.492 e. The number of allylic oxidation sites excluding steroid dienone is 1. The SMILES string of the molecule is CCCCNC(=O)Oc1ccc(/C(=C(\C)c2ccccc2)c2ccc(OCCN(CC)CC)cc2)cc1. The fraction of sp³-hybridized carbons (Fsp3) is 0.344. The highest BCUT2D eigenvalue weighted by Crippen LogP contribution is 2.33. The zero-order valence-corrected chi connectivity index (χ0v) is 22.6. The van der Waals surface area contributed by atoms with Crippen molar-refractivity contribution in [3.63, 3.8) is 0 Å². The maximum absolute atomic E-state index is 12.0. The first kappa shape index (κ1) is 28.0. The topological polar surface area (TPSA) is 50.8 Å². The number of carbonyl (C=O) groups excluding carboxylic acids is 1. The van der Waals surface area contributed by atoms with Gasteiger partial charge in [0.2, 0.25) is 0 Å². The van der Waals surface area contributed by atoms with Gasteiger partial charge in [-0.25, -0.2) is 4.79 Å². The molecule has 5 nitrogen and oxygen atoms in total. The Morgan fingerprint density at radius 3 is 1.95 bits per heavy atom. The van der Waals surface area contributed by atoms with E-state index >= 15 is 0 Å². The minimum atomic E-state index is -0.422. The Morgan fingerprint density at radius 2 is 1.38 bits per heavy atom. The number of hydrogen-bond donors (Lipinski definition) is 1. The number of ether oxygens (including phenoxy) is 2. The standard InChI is InChI=1S/C32H40N2O3/c1-5-8-22-33-32(35)37-30-20-16-28(17-21-30)31(25(4)26-12-10-9-11-13-26)27-14-18-29(19-15-27)36-24-23-34(6-2)7-3/h9-21H,5-8,22-24H2,1-4H3,(H,33,35)/b31-25+. The molecule has 0 radical (unpaired) electrons. The summed E-state index contributed by atoms with van der Waals surface area (Å²) < 4.78 is 11.4. The van der Waals surface area contributed by atoms with E-state index in [1.165, 1.54) is 5.57 Å². The fourth-order valence-corrected chi connectivity index (χ4v) is 4.18. The van der Waals surface area contributed by atoms with Crippen molar-refractivity contribution >= 4 is 17.2 Å². The number of amides is 1. The number of likely N-dealkylation sites (N-methyl/N-ethyl adjacent to an activating group) is 1. The Bertz CT molecular complexity index is 1120. The molecule has 0 aliphatic rings. The molecule has 37 heavy (non-hydrogen) atoms. The Balaban J connectivity index is 1.82. The van der Waals surface area contributed by atoms with Gasteiger partial charge in [0.1, 0.15) is 18.1 Å². The smallest absolute Gasteiger partial charge is 0.412 e. The van der Waals surface area contributed by atoms with Crippen molar-refractivity contribution in [1.82, 2.24) is 10.2 Å². The lowest BCUT2D eigenvalue weighted by molar-refractivity contribution is 0.200. The summed E-state index contributed by atoms with van der Waals surface area (Å²) in [4.78, 5) is 14.4. The van der Waals surface area contributed by atoms with E-state index in [0.717, 1.165) is 60.5 Å². The second kappa shape index (κ2) is 14.9. The first-order chi connectivity index (χ1) is 18.0. The Kier molecular flexibility index (Phi) is 11.2. The van der Waals surface area contributed by atoms with Crippen molar-refractivity contribution in [2.45, 2.75) is 40.5 Å². The Hall–Kier alpha value is -3.57. The van der Waals surface area contributed by atoms with Gasteiger partial charge in [-0.2, -0.15) is 0 Å². The van der Waals surface area contributed by atoms with Crippen molar-refractivity contribution in [2.24, 2.45) is 0 Å². The van der Waals surface area contributed by atoms with E-state index in [2.05, 4.69) is 74.3 Å². The summed E-state index contributed by atoms with van der Waals surface area (Å²) in [6.45, 7) is 12.8. The maximum Gasteiger partial charge on any atom is 0.412 e. The number of benzene rings is 3. The summed E-state index contributed by atoms with van der Waals surface area (Å²) in [5.74, 6) is 1.39. The third-order valence-corrected chi connectivity index (χ3v) is 6.45. The van der Waals surface area contributed by atoms with E-state index < -0.39 is 6.09 Å². The lowest BCUT2D eigenvalue weighted by atomic mass is 9.90. The number of nitrogens with one attached hydrogen (secondary N) is 1. The molecular formula is C32H40N2O3. The first-order valence-corrected chi connectivity index (χ1v) is 13.3. The molecule has 3 rings (SSSR count). The van der Waals surface area contributed by atoms with Crippen LogP contribution in [0.5, 0.6) is 11.5 Å². The fourth-order valence-electron chi connectivity index (χ4n) is 4.18. The van der Waals surface area contributed by atoms with E-state index in [4.69, 9.17) is 9.47 Å². The number of carbonyl (C=O) groups is 1. The maximum atomic E-state index is 12.0. The monoisotopic (exact) mass is 500 g/mol. The van der Waals surface area contributed by atoms with Crippen LogP contribution in [0.15, 0.2) is 78.9 Å². The second-order valence-corrected chi connectivity index (χ2v) is 8.96. The summed E-state index contributed by atoms with van der Waals surface area (Å²) in [6.07, 6.45) is 1.53. The first-order valence-electron chi connectivity index (χ1n) is 13.3. The number of hydrogen-bond acceptors (Lipinski definition) is 4. The molecule has 196 valence electrons. The minimum absolute atomic E-state index is 0.422. The highest BCUT2D eigenvalue weighted by Gasteiger charge is 2.12. The van der Waals surface area contributed by atoms with Gasteiger partial charge in [0, 0.05) is 13.1 Å². The van der Waals surface area contributed by atoms with Gasteiger partial charge in [0.15, 0.2) is 0 Å². The number of nitrogens with zero attached hydrogens (tertiary/aromatic N) is 1. The molecule has 0 aliphatic carbocycles. The zero-order valence-electron chi connectivity index (χ0n) is 22.6. The Labute approximate surface area is 222 Å². The van der Waals surface area contributed by atoms with Crippen LogP contribution in [0.3, 0.4) is 0 Å². The van der Waals surface area contributed by atoms with Gasteiger partial charge < -0.3 is 19.7 Å². The van der Waals surface area contributed by atoms with Crippen molar-refractivity contribution in [3.05, 3.63) is 95.6 Å². The van der Waals surface area contributed by atoms with E-state index in [0.29, 0.717) is 18.9 Å². The van der Waals surface area contributed by atoms with E-state index in [1.807, 2.05) is 42.5 Å².